The smallest absolute Gasteiger partial charge is 0.186 e. The summed E-state index contributed by atoms with van der Waals surface area (Å²) in [5.41, 5.74) is 1.20. The molecule has 4 heteroatoms. The molecule has 2 aliphatic heterocycles. The zero-order valence-corrected chi connectivity index (χ0v) is 12.4. The highest BCUT2D eigenvalue weighted by molar-refractivity contribution is 7.15. The van der Waals surface area contributed by atoms with Crippen molar-refractivity contribution in [2.24, 2.45) is 0 Å². The molecule has 2 fully saturated rings. The van der Waals surface area contributed by atoms with Gasteiger partial charge in [0.2, 0.25) is 0 Å². The highest BCUT2D eigenvalue weighted by Crippen LogP contribution is 2.34. The third-order valence-electron chi connectivity index (χ3n) is 4.49. The maximum absolute atomic E-state index is 4.75. The standard InChI is InChI=1S/C14H23N3S/c1-4-17(14-15-9(2)10(3)18-14)13-7-11-5-6-12(8-13)16-11/h11-13,16H,4-8H2,1-3H3. The Kier molecular flexibility index (Phi) is 3.32. The molecule has 0 radical (unpaired) electrons. The molecule has 0 spiro atoms. The minimum absolute atomic E-state index is 0.693. The first-order chi connectivity index (χ1) is 8.67. The van der Waals surface area contributed by atoms with E-state index in [4.69, 9.17) is 4.98 Å². The Labute approximate surface area is 114 Å². The molecule has 1 aromatic heterocycles. The molecule has 100 valence electrons. The number of aromatic nitrogens is 1. The van der Waals surface area contributed by atoms with Crippen LogP contribution in [-0.4, -0.2) is 29.7 Å². The summed E-state index contributed by atoms with van der Waals surface area (Å²) in [6.07, 6.45) is 5.33. The second-order valence-corrected chi connectivity index (χ2v) is 6.87. The Morgan fingerprint density at radius 3 is 2.44 bits per heavy atom. The summed E-state index contributed by atoms with van der Waals surface area (Å²) in [7, 11) is 0. The number of thiazole rings is 1. The minimum Gasteiger partial charge on any atom is -0.345 e. The van der Waals surface area contributed by atoms with Crippen molar-refractivity contribution in [1.29, 1.82) is 0 Å². The fourth-order valence-corrected chi connectivity index (χ4v) is 4.46. The summed E-state index contributed by atoms with van der Waals surface area (Å²) in [4.78, 5) is 8.65. The van der Waals surface area contributed by atoms with E-state index >= 15 is 0 Å². The number of anilines is 1. The lowest BCUT2D eigenvalue weighted by Crippen LogP contribution is -2.48. The third-order valence-corrected chi connectivity index (χ3v) is 5.60. The summed E-state index contributed by atoms with van der Waals surface area (Å²) < 4.78 is 0. The van der Waals surface area contributed by atoms with Crippen LogP contribution in [0.4, 0.5) is 5.13 Å². The van der Waals surface area contributed by atoms with E-state index < -0.39 is 0 Å². The van der Waals surface area contributed by atoms with Gasteiger partial charge in [-0.3, -0.25) is 0 Å². The number of fused-ring (bicyclic) bond motifs is 2. The molecule has 1 aromatic rings. The minimum atomic E-state index is 0.693. The normalized spacial score (nSPS) is 30.7. The first-order valence-corrected chi connectivity index (χ1v) is 7.95. The van der Waals surface area contributed by atoms with Crippen molar-refractivity contribution in [1.82, 2.24) is 10.3 Å². The van der Waals surface area contributed by atoms with E-state index in [-0.39, 0.29) is 0 Å². The first-order valence-electron chi connectivity index (χ1n) is 7.14. The number of rotatable bonds is 3. The van der Waals surface area contributed by atoms with E-state index in [1.54, 1.807) is 0 Å². The van der Waals surface area contributed by atoms with Crippen molar-refractivity contribution in [3.8, 4) is 0 Å². The highest BCUT2D eigenvalue weighted by atomic mass is 32.1. The molecule has 1 N–H and O–H groups in total. The molecule has 3 rings (SSSR count). The van der Waals surface area contributed by atoms with Crippen LogP contribution in [0, 0.1) is 13.8 Å². The number of hydrogen-bond acceptors (Lipinski definition) is 4. The predicted octanol–water partition coefficient (Wildman–Crippen LogP) is 2.87. The van der Waals surface area contributed by atoms with Crippen molar-refractivity contribution >= 4 is 16.5 Å². The second kappa shape index (κ2) is 4.82. The van der Waals surface area contributed by atoms with Crippen LogP contribution in [0.5, 0.6) is 0 Å². The number of hydrogen-bond donors (Lipinski definition) is 1. The molecule has 0 aromatic carbocycles. The number of piperidine rings is 1. The molecule has 2 saturated heterocycles. The quantitative estimate of drug-likeness (QED) is 0.911. The lowest BCUT2D eigenvalue weighted by Gasteiger charge is -2.37. The summed E-state index contributed by atoms with van der Waals surface area (Å²) >= 11 is 1.86. The molecule has 0 amide bonds. The predicted molar refractivity (Wildman–Crippen MR) is 77.6 cm³/mol. The molecule has 3 heterocycles. The molecule has 2 atom stereocenters. The van der Waals surface area contributed by atoms with Gasteiger partial charge in [0.05, 0.1) is 5.69 Å². The Morgan fingerprint density at radius 2 is 1.94 bits per heavy atom. The Bertz CT molecular complexity index is 397. The first kappa shape index (κ1) is 12.4. The van der Waals surface area contributed by atoms with Gasteiger partial charge in [-0.1, -0.05) is 0 Å². The van der Waals surface area contributed by atoms with E-state index in [0.29, 0.717) is 6.04 Å². The summed E-state index contributed by atoms with van der Waals surface area (Å²) in [5, 5.41) is 4.96. The van der Waals surface area contributed by atoms with Crippen LogP contribution < -0.4 is 10.2 Å². The van der Waals surface area contributed by atoms with Crippen LogP contribution in [-0.2, 0) is 0 Å². The van der Waals surface area contributed by atoms with Crippen LogP contribution in [0.25, 0.3) is 0 Å². The van der Waals surface area contributed by atoms with Crippen LogP contribution in [0.2, 0.25) is 0 Å². The van der Waals surface area contributed by atoms with E-state index in [1.807, 2.05) is 11.3 Å². The summed E-state index contributed by atoms with van der Waals surface area (Å²) in [6.45, 7) is 7.64. The lowest BCUT2D eigenvalue weighted by atomic mass is 9.98. The van der Waals surface area contributed by atoms with Crippen molar-refractivity contribution in [2.75, 3.05) is 11.4 Å². The number of nitrogens with zero attached hydrogens (tertiary/aromatic N) is 2. The van der Waals surface area contributed by atoms with Gasteiger partial charge in [0.15, 0.2) is 5.13 Å². The van der Waals surface area contributed by atoms with E-state index in [9.17, 15) is 0 Å². The van der Waals surface area contributed by atoms with E-state index in [1.165, 1.54) is 41.4 Å². The lowest BCUT2D eigenvalue weighted by molar-refractivity contribution is 0.349. The molecule has 18 heavy (non-hydrogen) atoms. The van der Waals surface area contributed by atoms with Crippen molar-refractivity contribution < 1.29 is 0 Å². The van der Waals surface area contributed by atoms with Crippen molar-refractivity contribution in [3.63, 3.8) is 0 Å². The van der Waals surface area contributed by atoms with Gasteiger partial charge in [-0.15, -0.1) is 11.3 Å². The van der Waals surface area contributed by atoms with Gasteiger partial charge in [-0.05, 0) is 46.5 Å². The molecule has 0 aliphatic carbocycles. The fraction of sp³-hybridized carbons (Fsp3) is 0.786. The molecule has 3 nitrogen and oxygen atoms in total. The Hall–Kier alpha value is -0.610. The van der Waals surface area contributed by atoms with Crippen molar-refractivity contribution in [2.45, 2.75) is 64.6 Å². The summed E-state index contributed by atoms with van der Waals surface area (Å²) in [5.74, 6) is 0. The average molecular weight is 265 g/mol. The molecule has 0 saturated carbocycles. The zero-order valence-electron chi connectivity index (χ0n) is 11.6. The van der Waals surface area contributed by atoms with Gasteiger partial charge in [-0.2, -0.15) is 0 Å². The van der Waals surface area contributed by atoms with Crippen LogP contribution in [0.3, 0.4) is 0 Å². The molecule has 2 aliphatic rings. The Morgan fingerprint density at radius 1 is 1.28 bits per heavy atom. The fourth-order valence-electron chi connectivity index (χ4n) is 3.41. The number of nitrogens with one attached hydrogen (secondary N) is 1. The largest absolute Gasteiger partial charge is 0.345 e. The Balaban J connectivity index is 1.79. The van der Waals surface area contributed by atoms with Gasteiger partial charge in [0, 0.05) is 29.5 Å². The second-order valence-electron chi connectivity index (χ2n) is 5.69. The van der Waals surface area contributed by atoms with Gasteiger partial charge in [0.1, 0.15) is 0 Å². The van der Waals surface area contributed by atoms with Gasteiger partial charge in [0.25, 0.3) is 0 Å². The maximum Gasteiger partial charge on any atom is 0.186 e. The average Bonchev–Trinajstić information content (AvgIpc) is 2.84. The van der Waals surface area contributed by atoms with Crippen LogP contribution in [0.15, 0.2) is 0 Å². The van der Waals surface area contributed by atoms with Crippen molar-refractivity contribution in [3.05, 3.63) is 10.6 Å². The molecule has 2 bridgehead atoms. The zero-order chi connectivity index (χ0) is 12.7. The topological polar surface area (TPSA) is 28.2 Å². The van der Waals surface area contributed by atoms with Crippen LogP contribution in [0.1, 0.15) is 43.2 Å². The summed E-state index contributed by atoms with van der Waals surface area (Å²) in [6, 6.07) is 2.20. The number of aryl methyl sites for hydroxylation is 2. The van der Waals surface area contributed by atoms with Crippen LogP contribution >= 0.6 is 11.3 Å². The monoisotopic (exact) mass is 265 g/mol. The van der Waals surface area contributed by atoms with Gasteiger partial charge in [-0.25, -0.2) is 4.98 Å². The molecular weight excluding hydrogens is 242 g/mol. The molecular formula is C14H23N3S. The SMILES string of the molecule is CCN(c1nc(C)c(C)s1)C1CC2CCC(C1)N2. The van der Waals surface area contributed by atoms with Gasteiger partial charge < -0.3 is 10.2 Å². The third kappa shape index (κ3) is 2.16. The van der Waals surface area contributed by atoms with Gasteiger partial charge >= 0.3 is 0 Å². The maximum atomic E-state index is 4.75. The highest BCUT2D eigenvalue weighted by Gasteiger charge is 2.36. The molecule has 2 unspecified atom stereocenters. The van der Waals surface area contributed by atoms with E-state index in [2.05, 4.69) is 31.0 Å². The van der Waals surface area contributed by atoms with E-state index in [0.717, 1.165) is 18.6 Å².